The van der Waals surface area contributed by atoms with E-state index in [-0.39, 0.29) is 0 Å². The Balaban J connectivity index is 1.96. The molecule has 2 aromatic heterocycles. The van der Waals surface area contributed by atoms with Gasteiger partial charge in [-0.15, -0.1) is 0 Å². The molecule has 3 rings (SSSR count). The van der Waals surface area contributed by atoms with E-state index in [0.29, 0.717) is 21.4 Å². The third-order valence-electron chi connectivity index (χ3n) is 3.56. The van der Waals surface area contributed by atoms with Crippen molar-refractivity contribution in [3.63, 3.8) is 0 Å². The summed E-state index contributed by atoms with van der Waals surface area (Å²) in [6, 6.07) is 5.40. The van der Waals surface area contributed by atoms with Gasteiger partial charge in [0.2, 0.25) is 0 Å². The average Bonchev–Trinajstić information content (AvgIpc) is 2.93. The molecule has 0 spiro atoms. The van der Waals surface area contributed by atoms with E-state index in [4.69, 9.17) is 28.9 Å². The molecule has 0 aliphatic heterocycles. The van der Waals surface area contributed by atoms with Crippen LogP contribution >= 0.6 is 35.0 Å². The van der Waals surface area contributed by atoms with Gasteiger partial charge in [0.1, 0.15) is 6.33 Å². The van der Waals surface area contributed by atoms with E-state index < -0.39 is 0 Å². The van der Waals surface area contributed by atoms with Crippen molar-refractivity contribution in [1.82, 2.24) is 24.8 Å². The number of fused-ring (bicyclic) bond motifs is 1. The van der Waals surface area contributed by atoms with Crippen molar-refractivity contribution in [3.8, 4) is 0 Å². The number of hydrogen-bond acceptors (Lipinski definition) is 6. The molecule has 0 atom stereocenters. The molecular weight excluding hydrogens is 379 g/mol. The number of anilines is 1. The largest absolute Gasteiger partial charge is 0.382 e. The van der Waals surface area contributed by atoms with Gasteiger partial charge >= 0.3 is 0 Å². The van der Waals surface area contributed by atoms with Crippen LogP contribution in [0.4, 0.5) is 5.82 Å². The van der Waals surface area contributed by atoms with Gasteiger partial charge in [-0.1, -0.05) is 41.9 Å². The van der Waals surface area contributed by atoms with Crippen LogP contribution in [0.1, 0.15) is 13.3 Å². The molecule has 3 aromatic rings. The lowest BCUT2D eigenvalue weighted by atomic mass is 10.4. The van der Waals surface area contributed by atoms with E-state index in [1.165, 1.54) is 18.1 Å². The van der Waals surface area contributed by atoms with E-state index in [9.17, 15) is 0 Å². The Kier molecular flexibility index (Phi) is 6.01. The first-order chi connectivity index (χ1) is 12.1. The highest BCUT2D eigenvalue weighted by atomic mass is 35.5. The Hall–Kier alpha value is -1.54. The number of imidazole rings is 1. The maximum absolute atomic E-state index is 6.30. The third-order valence-corrected chi connectivity index (χ3v) is 5.29. The van der Waals surface area contributed by atoms with Gasteiger partial charge in [0, 0.05) is 23.0 Å². The first-order valence-electron chi connectivity index (χ1n) is 7.90. The number of nitrogens with one attached hydrogen (secondary N) is 1. The van der Waals surface area contributed by atoms with Crippen LogP contribution in [0.15, 0.2) is 34.6 Å². The van der Waals surface area contributed by atoms with Gasteiger partial charge in [0.05, 0.1) is 5.02 Å². The number of benzene rings is 1. The molecule has 0 saturated carbocycles. The molecule has 0 saturated heterocycles. The van der Waals surface area contributed by atoms with E-state index in [1.54, 1.807) is 12.1 Å². The van der Waals surface area contributed by atoms with Crippen LogP contribution in [-0.2, 0) is 6.54 Å². The molecular formula is C16H18Cl2N6S. The predicted octanol–water partition coefficient (Wildman–Crippen LogP) is 3.87. The first kappa shape index (κ1) is 18.3. The maximum atomic E-state index is 6.30. The van der Waals surface area contributed by atoms with Gasteiger partial charge < -0.3 is 15.6 Å². The molecule has 25 heavy (non-hydrogen) atoms. The van der Waals surface area contributed by atoms with Gasteiger partial charge in [-0.2, -0.15) is 0 Å². The van der Waals surface area contributed by atoms with E-state index in [0.717, 1.165) is 41.8 Å². The molecule has 1 aromatic carbocycles. The van der Waals surface area contributed by atoms with Gasteiger partial charge in [0.25, 0.3) is 0 Å². The number of nitrogens with zero attached hydrogens (tertiary/aromatic N) is 4. The Labute approximate surface area is 160 Å². The first-order valence-corrected chi connectivity index (χ1v) is 9.47. The Morgan fingerprint density at radius 2 is 2.08 bits per heavy atom. The fourth-order valence-corrected chi connectivity index (χ4v) is 3.80. The Morgan fingerprint density at radius 1 is 1.24 bits per heavy atom. The van der Waals surface area contributed by atoms with Gasteiger partial charge in [0.15, 0.2) is 22.1 Å². The second-order valence-electron chi connectivity index (χ2n) is 5.40. The van der Waals surface area contributed by atoms with E-state index >= 15 is 0 Å². The quantitative estimate of drug-likeness (QED) is 0.589. The predicted molar refractivity (Wildman–Crippen MR) is 103 cm³/mol. The third kappa shape index (κ3) is 4.17. The fourth-order valence-electron chi connectivity index (χ4n) is 2.36. The molecule has 0 bridgehead atoms. The zero-order chi connectivity index (χ0) is 17.8. The summed E-state index contributed by atoms with van der Waals surface area (Å²) in [7, 11) is 0. The number of aromatic nitrogens is 4. The average molecular weight is 397 g/mol. The van der Waals surface area contributed by atoms with Crippen molar-refractivity contribution >= 4 is 51.9 Å². The van der Waals surface area contributed by atoms with Crippen LogP contribution < -0.4 is 11.1 Å². The van der Waals surface area contributed by atoms with Crippen LogP contribution in [0.2, 0.25) is 10.0 Å². The molecule has 0 amide bonds. The summed E-state index contributed by atoms with van der Waals surface area (Å²) < 4.78 is 2.03. The lowest BCUT2D eigenvalue weighted by Crippen LogP contribution is -2.21. The Morgan fingerprint density at radius 3 is 2.84 bits per heavy atom. The number of hydrogen-bond donors (Lipinski definition) is 2. The SMILES string of the molecule is CCCNCCn1c(Sc2ccc(Cl)cc2Cl)nc2c(N)ncnc21. The highest BCUT2D eigenvalue weighted by molar-refractivity contribution is 7.99. The standard InChI is InChI=1S/C16H18Cl2N6S/c1-2-5-20-6-7-24-15-13(14(19)21-9-22-15)23-16(24)25-12-4-3-10(17)8-11(12)18/h3-4,8-9,20H,2,5-7H2,1H3,(H2,19,21,22). The fraction of sp³-hybridized carbons (Fsp3) is 0.312. The number of halogens is 2. The van der Waals surface area contributed by atoms with E-state index in [2.05, 4.69) is 27.2 Å². The summed E-state index contributed by atoms with van der Waals surface area (Å²) >= 11 is 13.7. The van der Waals surface area contributed by atoms with Crippen LogP contribution in [0.3, 0.4) is 0 Å². The Bertz CT molecular complexity index is 882. The molecule has 0 unspecified atom stereocenters. The number of nitrogens with two attached hydrogens (primary N) is 1. The van der Waals surface area contributed by atoms with Gasteiger partial charge in [-0.25, -0.2) is 15.0 Å². The molecule has 132 valence electrons. The molecule has 0 aliphatic carbocycles. The second kappa shape index (κ2) is 8.23. The molecule has 6 nitrogen and oxygen atoms in total. The van der Waals surface area contributed by atoms with Crippen molar-refractivity contribution in [1.29, 1.82) is 0 Å². The summed E-state index contributed by atoms with van der Waals surface area (Å²) in [5.74, 6) is 0.370. The number of rotatable bonds is 7. The van der Waals surface area contributed by atoms with Crippen LogP contribution in [0, 0.1) is 0 Å². The molecule has 9 heteroatoms. The lowest BCUT2D eigenvalue weighted by molar-refractivity contribution is 0.572. The van der Waals surface area contributed by atoms with E-state index in [1.807, 2.05) is 10.6 Å². The molecule has 2 heterocycles. The van der Waals surface area contributed by atoms with Gasteiger partial charge in [-0.3, -0.25) is 0 Å². The molecule has 0 radical (unpaired) electrons. The zero-order valence-corrected chi connectivity index (χ0v) is 16.0. The molecule has 3 N–H and O–H groups in total. The molecule has 0 aliphatic rings. The van der Waals surface area contributed by atoms with Gasteiger partial charge in [-0.05, 0) is 31.2 Å². The minimum absolute atomic E-state index is 0.370. The lowest BCUT2D eigenvalue weighted by Gasteiger charge is -2.10. The smallest absolute Gasteiger partial charge is 0.175 e. The highest BCUT2D eigenvalue weighted by Gasteiger charge is 2.16. The number of nitrogen functional groups attached to an aromatic ring is 1. The van der Waals surface area contributed by atoms with Crippen molar-refractivity contribution in [2.24, 2.45) is 0 Å². The van der Waals surface area contributed by atoms with Crippen molar-refractivity contribution in [2.45, 2.75) is 29.9 Å². The highest BCUT2D eigenvalue weighted by Crippen LogP contribution is 2.36. The van der Waals surface area contributed by atoms with Crippen LogP contribution in [0.5, 0.6) is 0 Å². The summed E-state index contributed by atoms with van der Waals surface area (Å²) in [6.07, 6.45) is 2.54. The monoisotopic (exact) mass is 396 g/mol. The normalized spacial score (nSPS) is 11.3. The summed E-state index contributed by atoms with van der Waals surface area (Å²) in [5, 5.41) is 5.34. The maximum Gasteiger partial charge on any atom is 0.175 e. The summed E-state index contributed by atoms with van der Waals surface area (Å²) in [4.78, 5) is 13.9. The minimum atomic E-state index is 0.370. The second-order valence-corrected chi connectivity index (χ2v) is 7.26. The van der Waals surface area contributed by atoms with Crippen molar-refractivity contribution in [3.05, 3.63) is 34.6 Å². The summed E-state index contributed by atoms with van der Waals surface area (Å²) in [5.41, 5.74) is 7.29. The van der Waals surface area contributed by atoms with Crippen LogP contribution in [0.25, 0.3) is 11.2 Å². The topological polar surface area (TPSA) is 81.7 Å². The van der Waals surface area contributed by atoms with Crippen molar-refractivity contribution < 1.29 is 0 Å². The summed E-state index contributed by atoms with van der Waals surface area (Å²) in [6.45, 7) is 4.64. The van der Waals surface area contributed by atoms with Crippen molar-refractivity contribution in [2.75, 3.05) is 18.8 Å². The zero-order valence-electron chi connectivity index (χ0n) is 13.7. The molecule has 0 fully saturated rings. The van der Waals surface area contributed by atoms with Crippen LogP contribution in [-0.4, -0.2) is 32.6 Å². The minimum Gasteiger partial charge on any atom is -0.382 e.